The van der Waals surface area contributed by atoms with E-state index in [0.29, 0.717) is 28.6 Å². The molecule has 4 aromatic rings. The lowest BCUT2D eigenvalue weighted by molar-refractivity contribution is -0.384. The molecule has 0 aliphatic carbocycles. The van der Waals surface area contributed by atoms with Gasteiger partial charge in [0.15, 0.2) is 8.32 Å². The van der Waals surface area contributed by atoms with Crippen molar-refractivity contribution in [1.29, 1.82) is 0 Å². The van der Waals surface area contributed by atoms with Crippen LogP contribution in [0.2, 0.25) is 18.1 Å². The Bertz CT molecular complexity index is 1840. The normalized spacial score (nSPS) is 16.7. The van der Waals surface area contributed by atoms with Gasteiger partial charge in [0.2, 0.25) is 5.91 Å². The first-order chi connectivity index (χ1) is 22.0. The minimum absolute atomic E-state index is 0.0360. The third-order valence-electron chi connectivity index (χ3n) is 8.72. The average molecular weight is 666 g/mol. The number of hydrogen-bond acceptors (Lipinski definition) is 6. The summed E-state index contributed by atoms with van der Waals surface area (Å²) in [4.78, 5) is 38.6. The number of benzene rings is 3. The topological polar surface area (TPSA) is 128 Å². The van der Waals surface area contributed by atoms with E-state index in [9.17, 15) is 32.9 Å². The van der Waals surface area contributed by atoms with Crippen molar-refractivity contribution in [2.24, 2.45) is 0 Å². The number of nitro benzene ring substituents is 1. The Morgan fingerprint density at radius 3 is 2.36 bits per heavy atom. The Morgan fingerprint density at radius 1 is 1.04 bits per heavy atom. The minimum atomic E-state index is -4.69. The van der Waals surface area contributed by atoms with Crippen LogP contribution in [0.25, 0.3) is 5.69 Å². The fourth-order valence-corrected chi connectivity index (χ4v) is 6.09. The van der Waals surface area contributed by atoms with Crippen LogP contribution in [0.1, 0.15) is 59.4 Å². The van der Waals surface area contributed by atoms with Gasteiger partial charge in [-0.2, -0.15) is 18.3 Å². The molecule has 2 amide bonds. The first kappa shape index (κ1) is 33.5. The fourth-order valence-electron chi connectivity index (χ4n) is 5.16. The second-order valence-electron chi connectivity index (χ2n) is 12.9. The van der Waals surface area contributed by atoms with Crippen LogP contribution in [0.3, 0.4) is 0 Å². The Morgan fingerprint density at radius 2 is 1.72 bits per heavy atom. The van der Waals surface area contributed by atoms with Gasteiger partial charge in [0.1, 0.15) is 11.9 Å². The van der Waals surface area contributed by atoms with Crippen LogP contribution < -0.4 is 10.6 Å². The standard InChI is InChI=1S/C33H34F3N5O5Si/c1-32(2,3)47(4,5)46-19-25-27-26(20-11-10-16-24(18-20)41(44)45)28(37-30(42)21-12-9-13-22(17-21)33(34,35)36)31(43)38-29(27)40(39-25)23-14-7-6-8-15-23/h6-18,26,28H,19H2,1-5H3,(H,37,42)(H,38,43). The van der Waals surface area contributed by atoms with Crippen LogP contribution in [0, 0.1) is 10.1 Å². The van der Waals surface area contributed by atoms with E-state index < -0.39 is 48.8 Å². The predicted molar refractivity (Wildman–Crippen MR) is 172 cm³/mol. The molecule has 14 heteroatoms. The Kier molecular flexibility index (Phi) is 8.86. The van der Waals surface area contributed by atoms with E-state index in [2.05, 4.69) is 44.5 Å². The zero-order valence-corrected chi connectivity index (χ0v) is 27.4. The molecule has 2 unspecified atom stereocenters. The fraction of sp³-hybridized carbons (Fsp3) is 0.303. The lowest BCUT2D eigenvalue weighted by atomic mass is 9.81. The third kappa shape index (κ3) is 6.83. The van der Waals surface area contributed by atoms with Gasteiger partial charge in [0.05, 0.1) is 28.5 Å². The molecule has 0 spiro atoms. The number of amides is 2. The monoisotopic (exact) mass is 665 g/mol. The summed E-state index contributed by atoms with van der Waals surface area (Å²) in [5.41, 5.74) is 0.262. The maximum Gasteiger partial charge on any atom is 0.416 e. The van der Waals surface area contributed by atoms with Crippen molar-refractivity contribution in [3.63, 3.8) is 0 Å². The molecule has 2 N–H and O–H groups in total. The second kappa shape index (κ2) is 12.4. The van der Waals surface area contributed by atoms with Crippen molar-refractivity contribution in [2.75, 3.05) is 5.32 Å². The Balaban J connectivity index is 1.68. The smallest absolute Gasteiger partial charge is 0.411 e. The van der Waals surface area contributed by atoms with Crippen LogP contribution in [-0.2, 0) is 22.0 Å². The number of carbonyl (C=O) groups is 2. The van der Waals surface area contributed by atoms with Gasteiger partial charge in [-0.3, -0.25) is 19.7 Å². The SMILES string of the molecule is CC(C)(C)[Si](C)(C)OCc1nn(-c2ccccc2)c2c1C(c1cccc([N+](=O)[O-])c1)C(NC(=O)c1cccc(C(F)(F)F)c1)C(=O)N2. The van der Waals surface area contributed by atoms with E-state index >= 15 is 0 Å². The number of alkyl halides is 3. The molecule has 0 saturated carbocycles. The number of nitro groups is 1. The number of non-ortho nitro benzene ring substituents is 1. The zero-order valence-electron chi connectivity index (χ0n) is 26.4. The number of anilines is 1. The zero-order chi connectivity index (χ0) is 34.3. The molecule has 10 nitrogen and oxygen atoms in total. The Labute approximate surface area is 270 Å². The van der Waals surface area contributed by atoms with Crippen molar-refractivity contribution in [2.45, 2.75) is 63.6 Å². The van der Waals surface area contributed by atoms with E-state index in [4.69, 9.17) is 9.52 Å². The van der Waals surface area contributed by atoms with Crippen LogP contribution in [0.15, 0.2) is 78.9 Å². The van der Waals surface area contributed by atoms with E-state index in [1.54, 1.807) is 35.0 Å². The van der Waals surface area contributed by atoms with Gasteiger partial charge >= 0.3 is 6.18 Å². The molecular formula is C33H34F3N5O5Si. The van der Waals surface area contributed by atoms with Crippen LogP contribution in [0.4, 0.5) is 24.7 Å². The largest absolute Gasteiger partial charge is 0.416 e. The van der Waals surface area contributed by atoms with Gasteiger partial charge in [-0.25, -0.2) is 4.68 Å². The van der Waals surface area contributed by atoms with Crippen LogP contribution in [0.5, 0.6) is 0 Å². The molecule has 47 heavy (non-hydrogen) atoms. The summed E-state index contributed by atoms with van der Waals surface area (Å²) in [5, 5.41) is 22.0. The molecule has 0 bridgehead atoms. The molecule has 1 aliphatic rings. The molecule has 246 valence electrons. The molecule has 0 fully saturated rings. The highest BCUT2D eigenvalue weighted by atomic mass is 28.4. The molecule has 0 saturated heterocycles. The average Bonchev–Trinajstić information content (AvgIpc) is 3.37. The summed E-state index contributed by atoms with van der Waals surface area (Å²) in [6.07, 6.45) is -4.69. The molecule has 1 aliphatic heterocycles. The first-order valence-corrected chi connectivity index (χ1v) is 17.7. The van der Waals surface area contributed by atoms with Crippen LogP contribution in [-0.4, -0.2) is 40.9 Å². The van der Waals surface area contributed by atoms with Gasteiger partial charge in [0, 0.05) is 29.2 Å². The van der Waals surface area contributed by atoms with Gasteiger partial charge < -0.3 is 15.1 Å². The molecular weight excluding hydrogens is 631 g/mol. The van der Waals surface area contributed by atoms with Crippen LogP contribution >= 0.6 is 0 Å². The lowest BCUT2D eigenvalue weighted by Crippen LogP contribution is -2.51. The Hall–Kier alpha value is -4.82. The summed E-state index contributed by atoms with van der Waals surface area (Å²) < 4.78 is 48.4. The number of para-hydroxylation sites is 1. The number of fused-ring (bicyclic) bond motifs is 1. The summed E-state index contributed by atoms with van der Waals surface area (Å²) in [6, 6.07) is 17.2. The summed E-state index contributed by atoms with van der Waals surface area (Å²) in [6.45, 7) is 10.4. The number of rotatable bonds is 8. The van der Waals surface area contributed by atoms with Crippen molar-refractivity contribution in [3.05, 3.63) is 117 Å². The first-order valence-electron chi connectivity index (χ1n) is 14.8. The molecule has 5 rings (SSSR count). The lowest BCUT2D eigenvalue weighted by Gasteiger charge is -2.36. The highest BCUT2D eigenvalue weighted by Gasteiger charge is 2.44. The quantitative estimate of drug-likeness (QED) is 0.116. The molecule has 2 atom stereocenters. The van der Waals surface area contributed by atoms with E-state index in [1.165, 1.54) is 24.3 Å². The van der Waals surface area contributed by atoms with E-state index in [0.717, 1.165) is 12.1 Å². The summed E-state index contributed by atoms with van der Waals surface area (Å²) in [7, 11) is -2.34. The number of nitrogens with one attached hydrogen (secondary N) is 2. The second-order valence-corrected chi connectivity index (χ2v) is 17.7. The van der Waals surface area contributed by atoms with E-state index in [-0.39, 0.29) is 28.7 Å². The number of hydrogen-bond donors (Lipinski definition) is 2. The maximum atomic E-state index is 13.9. The molecule has 2 heterocycles. The number of carbonyl (C=O) groups excluding carboxylic acids is 2. The van der Waals surface area contributed by atoms with Gasteiger partial charge in [-0.1, -0.05) is 57.2 Å². The van der Waals surface area contributed by atoms with E-state index in [1.807, 2.05) is 6.07 Å². The highest BCUT2D eigenvalue weighted by Crippen LogP contribution is 2.43. The maximum absolute atomic E-state index is 13.9. The number of halogens is 3. The molecule has 0 radical (unpaired) electrons. The third-order valence-corrected chi connectivity index (χ3v) is 13.2. The highest BCUT2D eigenvalue weighted by molar-refractivity contribution is 6.74. The van der Waals surface area contributed by atoms with Gasteiger partial charge in [-0.15, -0.1) is 0 Å². The van der Waals surface area contributed by atoms with Crippen molar-refractivity contribution >= 4 is 31.6 Å². The van der Waals surface area contributed by atoms with Crippen molar-refractivity contribution < 1.29 is 32.1 Å². The van der Waals surface area contributed by atoms with Crippen molar-refractivity contribution in [1.82, 2.24) is 15.1 Å². The number of nitrogens with zero attached hydrogens (tertiary/aromatic N) is 3. The number of aromatic nitrogens is 2. The van der Waals surface area contributed by atoms with Gasteiger partial charge in [0.25, 0.3) is 11.6 Å². The predicted octanol–water partition coefficient (Wildman–Crippen LogP) is 7.20. The van der Waals surface area contributed by atoms with Gasteiger partial charge in [-0.05, 0) is 54.0 Å². The minimum Gasteiger partial charge on any atom is -0.411 e. The summed E-state index contributed by atoms with van der Waals surface area (Å²) >= 11 is 0. The summed E-state index contributed by atoms with van der Waals surface area (Å²) in [5.74, 6) is -2.34. The molecule has 1 aromatic heterocycles. The molecule has 3 aromatic carbocycles. The van der Waals surface area contributed by atoms with Crippen molar-refractivity contribution in [3.8, 4) is 5.69 Å².